The molecule has 2 aliphatic heterocycles. The van der Waals surface area contributed by atoms with Crippen molar-refractivity contribution in [3.05, 3.63) is 48.0 Å². The summed E-state index contributed by atoms with van der Waals surface area (Å²) in [5, 5.41) is 12.3. The van der Waals surface area contributed by atoms with E-state index in [4.69, 9.17) is 10.5 Å². The van der Waals surface area contributed by atoms with Gasteiger partial charge in [0.05, 0.1) is 23.0 Å². The summed E-state index contributed by atoms with van der Waals surface area (Å²) in [7, 11) is 1.80. The summed E-state index contributed by atoms with van der Waals surface area (Å²) >= 11 is 1.56. The molecule has 32 heavy (non-hydrogen) atoms. The van der Waals surface area contributed by atoms with E-state index in [2.05, 4.69) is 17.5 Å². The number of nitriles is 1. The van der Waals surface area contributed by atoms with Gasteiger partial charge >= 0.3 is 0 Å². The molecule has 2 aromatic rings. The van der Waals surface area contributed by atoms with Crippen LogP contribution >= 0.6 is 11.8 Å². The quantitative estimate of drug-likeness (QED) is 0.725. The first-order valence-corrected chi connectivity index (χ1v) is 11.6. The number of carbonyl (C=O) groups excluding carboxylic acids is 2. The van der Waals surface area contributed by atoms with Gasteiger partial charge < -0.3 is 20.7 Å². The van der Waals surface area contributed by atoms with E-state index >= 15 is 0 Å². The maximum atomic E-state index is 12.6. The molecule has 8 heteroatoms. The highest BCUT2D eigenvalue weighted by atomic mass is 32.2. The summed E-state index contributed by atoms with van der Waals surface area (Å²) in [5.74, 6) is 0.264. The van der Waals surface area contributed by atoms with Crippen LogP contribution in [0.3, 0.4) is 0 Å². The molecule has 1 fully saturated rings. The number of nitrogens with zero attached hydrogens (tertiary/aromatic N) is 2. The second-order valence-electron chi connectivity index (χ2n) is 8.25. The lowest BCUT2D eigenvalue weighted by atomic mass is 9.90. The van der Waals surface area contributed by atoms with Crippen molar-refractivity contribution < 1.29 is 14.3 Å². The fraction of sp³-hybridized carbons (Fsp3) is 0.375. The molecule has 1 atom stereocenters. The smallest absolute Gasteiger partial charge is 0.241 e. The molecule has 0 aliphatic carbocycles. The number of nitrogens with one attached hydrogen (secondary N) is 1. The van der Waals surface area contributed by atoms with Gasteiger partial charge in [0.25, 0.3) is 0 Å². The van der Waals surface area contributed by atoms with E-state index in [-0.39, 0.29) is 11.8 Å². The molecular formula is C24H26N4O3S. The number of carbonyl (C=O) groups is 2. The van der Waals surface area contributed by atoms with E-state index in [1.54, 1.807) is 23.7 Å². The fourth-order valence-corrected chi connectivity index (χ4v) is 4.96. The Hall–Kier alpha value is -2.86. The van der Waals surface area contributed by atoms with Crippen LogP contribution in [0.4, 0.5) is 5.69 Å². The maximum absolute atomic E-state index is 12.6. The van der Waals surface area contributed by atoms with Crippen molar-refractivity contribution in [2.75, 3.05) is 30.9 Å². The summed E-state index contributed by atoms with van der Waals surface area (Å²) in [5.41, 5.74) is 9.26. The molecule has 1 unspecified atom stereocenters. The zero-order valence-electron chi connectivity index (χ0n) is 18.0. The Kier molecular flexibility index (Phi) is 6.51. The lowest BCUT2D eigenvalue weighted by molar-refractivity contribution is -0.130. The Labute approximate surface area is 191 Å². The van der Waals surface area contributed by atoms with E-state index < -0.39 is 11.6 Å². The third-order valence-corrected chi connectivity index (χ3v) is 7.10. The minimum Gasteiger partial charge on any atom is -0.381 e. The van der Waals surface area contributed by atoms with E-state index in [1.165, 1.54) is 0 Å². The third kappa shape index (κ3) is 4.65. The molecule has 2 amide bonds. The van der Waals surface area contributed by atoms with Gasteiger partial charge in [-0.2, -0.15) is 5.26 Å². The van der Waals surface area contributed by atoms with Gasteiger partial charge in [-0.05, 0) is 41.7 Å². The van der Waals surface area contributed by atoms with Gasteiger partial charge in [-0.15, -0.1) is 11.8 Å². The number of hydrogen-bond donors (Lipinski definition) is 2. The Morgan fingerprint density at radius 3 is 2.62 bits per heavy atom. The zero-order valence-corrected chi connectivity index (χ0v) is 18.8. The highest BCUT2D eigenvalue weighted by Crippen LogP contribution is 2.37. The average Bonchev–Trinajstić information content (AvgIpc) is 2.81. The molecule has 2 aromatic carbocycles. The second-order valence-corrected chi connectivity index (χ2v) is 9.27. The zero-order chi connectivity index (χ0) is 22.7. The van der Waals surface area contributed by atoms with Crippen LogP contribution in [0.25, 0.3) is 11.1 Å². The minimum atomic E-state index is -0.972. The SMILES string of the molecule is CN1C(=O)CSc2cc(-c3ccc(CC(C#N)NC(=O)C4(N)CCOCC4)cc3)ccc21. The van der Waals surface area contributed by atoms with Crippen molar-refractivity contribution in [3.8, 4) is 17.2 Å². The first kappa shape index (κ1) is 22.3. The predicted octanol–water partition coefficient (Wildman–Crippen LogP) is 2.48. The van der Waals surface area contributed by atoms with Gasteiger partial charge in [0.15, 0.2) is 0 Å². The lowest BCUT2D eigenvalue weighted by Gasteiger charge is -2.32. The lowest BCUT2D eigenvalue weighted by Crippen LogP contribution is -2.58. The number of nitrogens with two attached hydrogens (primary N) is 1. The first-order valence-electron chi connectivity index (χ1n) is 10.6. The summed E-state index contributed by atoms with van der Waals surface area (Å²) in [6.07, 6.45) is 1.31. The molecule has 1 saturated heterocycles. The van der Waals surface area contributed by atoms with Gasteiger partial charge in [-0.25, -0.2) is 0 Å². The molecule has 0 saturated carbocycles. The number of thioether (sulfide) groups is 1. The fourth-order valence-electron chi connectivity index (χ4n) is 3.92. The van der Waals surface area contributed by atoms with E-state index in [0.717, 1.165) is 27.3 Å². The van der Waals surface area contributed by atoms with Crippen LogP contribution in [0.1, 0.15) is 18.4 Å². The molecule has 3 N–H and O–H groups in total. The first-order chi connectivity index (χ1) is 15.4. The molecule has 0 bridgehead atoms. The van der Waals surface area contributed by atoms with Crippen LogP contribution in [0, 0.1) is 11.3 Å². The van der Waals surface area contributed by atoms with Crippen LogP contribution in [-0.2, 0) is 20.7 Å². The summed E-state index contributed by atoms with van der Waals surface area (Å²) in [4.78, 5) is 27.3. The van der Waals surface area contributed by atoms with Gasteiger partial charge in [0, 0.05) is 31.6 Å². The van der Waals surface area contributed by atoms with E-state index in [0.29, 0.717) is 38.2 Å². The van der Waals surface area contributed by atoms with Crippen molar-refractivity contribution >= 4 is 29.3 Å². The average molecular weight is 451 g/mol. The van der Waals surface area contributed by atoms with Crippen LogP contribution in [0.5, 0.6) is 0 Å². The molecule has 0 spiro atoms. The number of benzene rings is 2. The van der Waals surface area contributed by atoms with Crippen molar-refractivity contribution in [1.82, 2.24) is 5.32 Å². The highest BCUT2D eigenvalue weighted by Gasteiger charge is 2.36. The van der Waals surface area contributed by atoms with Gasteiger partial charge in [0.1, 0.15) is 6.04 Å². The van der Waals surface area contributed by atoms with Crippen molar-refractivity contribution in [1.29, 1.82) is 5.26 Å². The van der Waals surface area contributed by atoms with Gasteiger partial charge in [0.2, 0.25) is 11.8 Å². The third-order valence-electron chi connectivity index (χ3n) is 6.07. The highest BCUT2D eigenvalue weighted by molar-refractivity contribution is 8.00. The summed E-state index contributed by atoms with van der Waals surface area (Å²) < 4.78 is 5.29. The molecule has 7 nitrogen and oxygen atoms in total. The maximum Gasteiger partial charge on any atom is 0.241 e. The van der Waals surface area contributed by atoms with Gasteiger partial charge in [-0.3, -0.25) is 9.59 Å². The Morgan fingerprint density at radius 2 is 1.94 bits per heavy atom. The number of anilines is 1. The molecule has 4 rings (SSSR count). The minimum absolute atomic E-state index is 0.108. The van der Waals surface area contributed by atoms with Crippen LogP contribution in [0.15, 0.2) is 47.4 Å². The summed E-state index contributed by atoms with van der Waals surface area (Å²) in [6, 6.07) is 15.6. The molecule has 2 heterocycles. The Bertz CT molecular complexity index is 1060. The van der Waals surface area contributed by atoms with Crippen molar-refractivity contribution in [2.45, 2.75) is 35.7 Å². The molecule has 2 aliphatic rings. The molecular weight excluding hydrogens is 424 g/mol. The Balaban J connectivity index is 1.43. The van der Waals surface area contributed by atoms with Gasteiger partial charge in [-0.1, -0.05) is 30.3 Å². The van der Waals surface area contributed by atoms with Crippen molar-refractivity contribution in [2.24, 2.45) is 5.73 Å². The number of rotatable bonds is 5. The molecule has 0 aromatic heterocycles. The van der Waals surface area contributed by atoms with E-state index in [9.17, 15) is 14.9 Å². The largest absolute Gasteiger partial charge is 0.381 e. The number of fused-ring (bicyclic) bond motifs is 1. The number of hydrogen-bond acceptors (Lipinski definition) is 6. The van der Waals surface area contributed by atoms with Crippen LogP contribution in [-0.4, -0.2) is 49.4 Å². The van der Waals surface area contributed by atoms with Crippen LogP contribution in [0.2, 0.25) is 0 Å². The standard InChI is InChI=1S/C24H26N4O3S/c1-28-20-7-6-18(13-21(20)32-15-22(28)29)17-4-2-16(3-5-17)12-19(14-25)27-23(30)24(26)8-10-31-11-9-24/h2-7,13,19H,8-12,15,26H2,1H3,(H,27,30). The molecule has 166 valence electrons. The van der Waals surface area contributed by atoms with Crippen molar-refractivity contribution in [3.63, 3.8) is 0 Å². The predicted molar refractivity (Wildman–Crippen MR) is 124 cm³/mol. The number of ether oxygens (including phenoxy) is 1. The van der Waals surface area contributed by atoms with E-state index in [1.807, 2.05) is 36.4 Å². The topological polar surface area (TPSA) is 108 Å². The molecule has 0 radical (unpaired) electrons. The monoisotopic (exact) mass is 450 g/mol. The second kappa shape index (κ2) is 9.33. The number of amides is 2. The summed E-state index contributed by atoms with van der Waals surface area (Å²) in [6.45, 7) is 0.910. The Morgan fingerprint density at radius 1 is 1.25 bits per heavy atom. The normalized spacial score (nSPS) is 18.4. The van der Waals surface area contributed by atoms with Crippen LogP contribution < -0.4 is 16.0 Å².